The van der Waals surface area contributed by atoms with Gasteiger partial charge >= 0.3 is 6.09 Å². The van der Waals surface area contributed by atoms with Crippen molar-refractivity contribution in [2.24, 2.45) is 11.7 Å². The quantitative estimate of drug-likeness (QED) is 0.870. The van der Waals surface area contributed by atoms with Crippen LogP contribution in [0.1, 0.15) is 18.4 Å². The summed E-state index contributed by atoms with van der Waals surface area (Å²) in [6, 6.07) is 3.33. The summed E-state index contributed by atoms with van der Waals surface area (Å²) in [6.07, 6.45) is 1.12. The van der Waals surface area contributed by atoms with Gasteiger partial charge in [0.05, 0.1) is 0 Å². The monoisotopic (exact) mass is 330 g/mol. The van der Waals surface area contributed by atoms with Crippen LogP contribution >= 0.6 is 11.6 Å². The van der Waals surface area contributed by atoms with Crippen LogP contribution in [0.25, 0.3) is 0 Å². The fourth-order valence-electron chi connectivity index (χ4n) is 2.65. The van der Waals surface area contributed by atoms with Crippen molar-refractivity contribution in [3.63, 3.8) is 0 Å². The Hall–Kier alpha value is -1.53. The summed E-state index contributed by atoms with van der Waals surface area (Å²) in [4.78, 5) is 12.3. The van der Waals surface area contributed by atoms with Crippen molar-refractivity contribution in [1.82, 2.24) is 4.90 Å². The molecule has 5 nitrogen and oxygen atoms in total. The molecule has 1 aromatic carbocycles. The number of carboxylic acid groups (broad SMARTS) is 1. The Morgan fingerprint density at radius 3 is 2.73 bits per heavy atom. The molecule has 1 aliphatic rings. The SMILES string of the molecule is NCCOc1ccc(CC2CCN(C(=O)O)CC2)c(F)c1Cl. The fraction of sp³-hybridized carbons (Fsp3) is 0.533. The Balaban J connectivity index is 1.99. The lowest BCUT2D eigenvalue weighted by atomic mass is 9.90. The molecule has 0 saturated carbocycles. The molecule has 1 aromatic rings. The van der Waals surface area contributed by atoms with Crippen LogP contribution in [-0.2, 0) is 6.42 Å². The second-order valence-electron chi connectivity index (χ2n) is 5.41. The highest BCUT2D eigenvalue weighted by Gasteiger charge is 2.24. The second kappa shape index (κ2) is 7.65. The Morgan fingerprint density at radius 2 is 2.14 bits per heavy atom. The van der Waals surface area contributed by atoms with Gasteiger partial charge in [-0.3, -0.25) is 0 Å². The average Bonchev–Trinajstić information content (AvgIpc) is 2.51. The molecular weight excluding hydrogens is 311 g/mol. The maximum atomic E-state index is 14.3. The van der Waals surface area contributed by atoms with Gasteiger partial charge in [-0.2, -0.15) is 0 Å². The molecule has 0 aliphatic carbocycles. The maximum absolute atomic E-state index is 14.3. The summed E-state index contributed by atoms with van der Waals surface area (Å²) in [5, 5.41) is 8.90. The third kappa shape index (κ3) is 4.01. The third-order valence-corrected chi connectivity index (χ3v) is 4.25. The molecule has 1 saturated heterocycles. The summed E-state index contributed by atoms with van der Waals surface area (Å²) in [6.45, 7) is 1.61. The van der Waals surface area contributed by atoms with E-state index in [4.69, 9.17) is 27.2 Å². The smallest absolute Gasteiger partial charge is 0.407 e. The van der Waals surface area contributed by atoms with Crippen LogP contribution in [0.4, 0.5) is 9.18 Å². The molecule has 7 heteroatoms. The highest BCUT2D eigenvalue weighted by molar-refractivity contribution is 6.32. The zero-order chi connectivity index (χ0) is 16.1. The fourth-order valence-corrected chi connectivity index (χ4v) is 2.89. The minimum atomic E-state index is -0.894. The largest absolute Gasteiger partial charge is 0.491 e. The Morgan fingerprint density at radius 1 is 1.45 bits per heavy atom. The third-order valence-electron chi connectivity index (χ3n) is 3.90. The van der Waals surface area contributed by atoms with Crippen LogP contribution in [0.2, 0.25) is 5.02 Å². The standard InChI is InChI=1S/C15H20ClFN2O3/c16-13-12(22-8-5-18)2-1-11(14(13)17)9-10-3-6-19(7-4-10)15(20)21/h1-2,10H,3-9,18H2,(H,20,21). The summed E-state index contributed by atoms with van der Waals surface area (Å²) in [5.74, 6) is 0.0999. The number of benzene rings is 1. The first-order chi connectivity index (χ1) is 10.5. The molecule has 0 unspecified atom stereocenters. The van der Waals surface area contributed by atoms with Gasteiger partial charge in [0.2, 0.25) is 0 Å². The van der Waals surface area contributed by atoms with Crippen molar-refractivity contribution in [3.05, 3.63) is 28.5 Å². The number of halogens is 2. The molecule has 22 heavy (non-hydrogen) atoms. The average molecular weight is 331 g/mol. The van der Waals surface area contributed by atoms with Gasteiger partial charge in [0.25, 0.3) is 0 Å². The van der Waals surface area contributed by atoms with Gasteiger partial charge in [-0.25, -0.2) is 9.18 Å². The highest BCUT2D eigenvalue weighted by Crippen LogP contribution is 2.32. The first-order valence-corrected chi connectivity index (χ1v) is 7.68. The van der Waals surface area contributed by atoms with Crippen molar-refractivity contribution in [2.45, 2.75) is 19.3 Å². The first-order valence-electron chi connectivity index (χ1n) is 7.30. The van der Waals surface area contributed by atoms with E-state index in [2.05, 4.69) is 0 Å². The van der Waals surface area contributed by atoms with Crippen LogP contribution in [0.3, 0.4) is 0 Å². The highest BCUT2D eigenvalue weighted by atomic mass is 35.5. The van der Waals surface area contributed by atoms with Gasteiger partial charge in [-0.05, 0) is 36.8 Å². The second-order valence-corrected chi connectivity index (χ2v) is 5.78. The predicted octanol–water partition coefficient (Wildman–Crippen LogP) is 2.75. The lowest BCUT2D eigenvalue weighted by Gasteiger charge is -2.30. The van der Waals surface area contributed by atoms with E-state index in [1.54, 1.807) is 12.1 Å². The van der Waals surface area contributed by atoms with E-state index in [0.29, 0.717) is 37.4 Å². The van der Waals surface area contributed by atoms with E-state index in [9.17, 15) is 9.18 Å². The molecule has 3 N–H and O–H groups in total. The Kier molecular flexibility index (Phi) is 5.85. The maximum Gasteiger partial charge on any atom is 0.407 e. The Bertz CT molecular complexity index is 534. The summed E-state index contributed by atoms with van der Waals surface area (Å²) >= 11 is 5.99. The van der Waals surface area contributed by atoms with Gasteiger partial charge in [0.15, 0.2) is 0 Å². The molecule has 1 fully saturated rings. The van der Waals surface area contributed by atoms with E-state index in [-0.39, 0.29) is 17.5 Å². The zero-order valence-electron chi connectivity index (χ0n) is 12.2. The van der Waals surface area contributed by atoms with Gasteiger partial charge in [0, 0.05) is 19.6 Å². The molecule has 0 spiro atoms. The van der Waals surface area contributed by atoms with Crippen molar-refractivity contribution in [3.8, 4) is 5.75 Å². The van der Waals surface area contributed by atoms with Crippen molar-refractivity contribution >= 4 is 17.7 Å². The number of ether oxygens (including phenoxy) is 1. The number of hydrogen-bond donors (Lipinski definition) is 2. The van der Waals surface area contributed by atoms with Crippen LogP contribution in [-0.4, -0.2) is 42.3 Å². The molecule has 0 aromatic heterocycles. The normalized spacial score (nSPS) is 15.9. The van der Waals surface area contributed by atoms with Crippen molar-refractivity contribution in [2.75, 3.05) is 26.2 Å². The molecule has 122 valence electrons. The van der Waals surface area contributed by atoms with Crippen molar-refractivity contribution < 1.29 is 19.0 Å². The van der Waals surface area contributed by atoms with Gasteiger partial charge < -0.3 is 20.5 Å². The summed E-state index contributed by atoms with van der Waals surface area (Å²) in [5.41, 5.74) is 5.88. The number of rotatable bonds is 5. The van der Waals surface area contributed by atoms with Crippen LogP contribution in [0.5, 0.6) is 5.75 Å². The minimum Gasteiger partial charge on any atom is -0.491 e. The number of carbonyl (C=O) groups is 1. The lowest BCUT2D eigenvalue weighted by Crippen LogP contribution is -2.37. The molecule has 1 amide bonds. The number of hydrogen-bond acceptors (Lipinski definition) is 3. The van der Waals surface area contributed by atoms with Gasteiger partial charge in [-0.1, -0.05) is 17.7 Å². The summed E-state index contributed by atoms with van der Waals surface area (Å²) < 4.78 is 19.6. The van der Waals surface area contributed by atoms with Gasteiger partial charge in [-0.15, -0.1) is 0 Å². The topological polar surface area (TPSA) is 75.8 Å². The van der Waals surface area contributed by atoms with E-state index in [1.165, 1.54) is 4.90 Å². The first kappa shape index (κ1) is 16.8. The van der Waals surface area contributed by atoms with Crippen LogP contribution in [0, 0.1) is 11.7 Å². The van der Waals surface area contributed by atoms with Gasteiger partial charge in [0.1, 0.15) is 23.2 Å². The number of nitrogens with two attached hydrogens (primary N) is 1. The number of nitrogens with zero attached hydrogens (tertiary/aromatic N) is 1. The van der Waals surface area contributed by atoms with Crippen LogP contribution in [0.15, 0.2) is 12.1 Å². The number of likely N-dealkylation sites (tertiary alicyclic amines) is 1. The zero-order valence-corrected chi connectivity index (χ0v) is 13.0. The molecule has 1 heterocycles. The van der Waals surface area contributed by atoms with E-state index in [0.717, 1.165) is 12.8 Å². The number of amides is 1. The van der Waals surface area contributed by atoms with Crippen molar-refractivity contribution in [1.29, 1.82) is 0 Å². The molecule has 0 bridgehead atoms. The molecule has 1 aliphatic heterocycles. The minimum absolute atomic E-state index is 0.0195. The molecule has 0 radical (unpaired) electrons. The van der Waals surface area contributed by atoms with E-state index in [1.807, 2.05) is 0 Å². The molecule has 0 atom stereocenters. The number of piperidine rings is 1. The summed E-state index contributed by atoms with van der Waals surface area (Å²) in [7, 11) is 0. The van der Waals surface area contributed by atoms with Crippen LogP contribution < -0.4 is 10.5 Å². The van der Waals surface area contributed by atoms with E-state index >= 15 is 0 Å². The molecule has 2 rings (SSSR count). The Labute approximate surface area is 133 Å². The van der Waals surface area contributed by atoms with E-state index < -0.39 is 11.9 Å². The predicted molar refractivity (Wildman–Crippen MR) is 82.0 cm³/mol. The molecular formula is C15H20ClFN2O3. The lowest BCUT2D eigenvalue weighted by molar-refractivity contribution is 0.124.